The highest BCUT2D eigenvalue weighted by Crippen LogP contribution is 2.39. The summed E-state index contributed by atoms with van der Waals surface area (Å²) in [6.07, 6.45) is 1.38. The average molecular weight is 366 g/mol. The van der Waals surface area contributed by atoms with Crippen LogP contribution in [0.4, 0.5) is 0 Å². The molecule has 1 aliphatic carbocycles. The number of hydrogen-bond acceptors (Lipinski definition) is 3. The van der Waals surface area contributed by atoms with Gasteiger partial charge in [0.1, 0.15) is 5.75 Å². The van der Waals surface area contributed by atoms with Crippen LogP contribution in [0.2, 0.25) is 0 Å². The zero-order valence-corrected chi connectivity index (χ0v) is 15.8. The minimum Gasteiger partial charge on any atom is -0.497 e. The smallest absolute Gasteiger partial charge is 0.224 e. The SMILES string of the molecule is COc1ccc(CCNC(=O)C2CC2C(=O)NC(C)c2ccccc2)cc1. The summed E-state index contributed by atoms with van der Waals surface area (Å²) in [5.41, 5.74) is 2.20. The Hall–Kier alpha value is -2.82. The lowest BCUT2D eigenvalue weighted by molar-refractivity contribution is -0.127. The maximum absolute atomic E-state index is 12.4. The monoisotopic (exact) mass is 366 g/mol. The van der Waals surface area contributed by atoms with E-state index in [1.54, 1.807) is 7.11 Å². The van der Waals surface area contributed by atoms with Gasteiger partial charge in [-0.25, -0.2) is 0 Å². The highest BCUT2D eigenvalue weighted by molar-refractivity contribution is 5.92. The summed E-state index contributed by atoms with van der Waals surface area (Å²) in [6, 6.07) is 17.6. The van der Waals surface area contributed by atoms with Crippen molar-refractivity contribution < 1.29 is 14.3 Å². The van der Waals surface area contributed by atoms with Crippen LogP contribution in [-0.4, -0.2) is 25.5 Å². The van der Waals surface area contributed by atoms with Gasteiger partial charge < -0.3 is 15.4 Å². The molecular formula is C22H26N2O3. The maximum Gasteiger partial charge on any atom is 0.224 e. The molecular weight excluding hydrogens is 340 g/mol. The topological polar surface area (TPSA) is 67.4 Å². The number of hydrogen-bond donors (Lipinski definition) is 2. The predicted octanol–water partition coefficient (Wildman–Crippen LogP) is 2.87. The minimum absolute atomic E-state index is 0.0315. The summed E-state index contributed by atoms with van der Waals surface area (Å²) in [5.74, 6) is 0.332. The molecule has 142 valence electrons. The fourth-order valence-electron chi connectivity index (χ4n) is 3.17. The Morgan fingerprint density at radius 1 is 1.04 bits per heavy atom. The van der Waals surface area contributed by atoms with Crippen molar-refractivity contribution in [3.05, 3.63) is 65.7 Å². The summed E-state index contributed by atoms with van der Waals surface area (Å²) >= 11 is 0. The molecule has 1 aliphatic rings. The van der Waals surface area contributed by atoms with E-state index in [4.69, 9.17) is 4.74 Å². The van der Waals surface area contributed by atoms with Crippen molar-refractivity contribution >= 4 is 11.8 Å². The molecule has 0 aliphatic heterocycles. The molecule has 0 bridgehead atoms. The molecule has 0 saturated heterocycles. The van der Waals surface area contributed by atoms with Crippen molar-refractivity contribution in [2.75, 3.05) is 13.7 Å². The highest BCUT2D eigenvalue weighted by Gasteiger charge is 2.48. The molecule has 2 amide bonds. The number of amides is 2. The lowest BCUT2D eigenvalue weighted by Crippen LogP contribution is -2.32. The normalized spacial score (nSPS) is 19.0. The quantitative estimate of drug-likeness (QED) is 0.755. The van der Waals surface area contributed by atoms with Crippen molar-refractivity contribution in [3.8, 4) is 5.75 Å². The molecule has 3 atom stereocenters. The van der Waals surface area contributed by atoms with Gasteiger partial charge in [0.25, 0.3) is 0 Å². The number of ether oxygens (including phenoxy) is 1. The first-order chi connectivity index (χ1) is 13.1. The van der Waals surface area contributed by atoms with E-state index >= 15 is 0 Å². The van der Waals surface area contributed by atoms with E-state index < -0.39 is 0 Å². The lowest BCUT2D eigenvalue weighted by atomic mass is 10.1. The summed E-state index contributed by atoms with van der Waals surface area (Å²) < 4.78 is 5.13. The van der Waals surface area contributed by atoms with Gasteiger partial charge in [-0.05, 0) is 43.0 Å². The Bertz CT molecular complexity index is 774. The first-order valence-electron chi connectivity index (χ1n) is 9.34. The number of methoxy groups -OCH3 is 1. The van der Waals surface area contributed by atoms with E-state index in [0.717, 1.165) is 23.3 Å². The Morgan fingerprint density at radius 3 is 2.37 bits per heavy atom. The van der Waals surface area contributed by atoms with Gasteiger partial charge in [-0.15, -0.1) is 0 Å². The van der Waals surface area contributed by atoms with E-state index in [1.165, 1.54) is 0 Å². The molecule has 1 saturated carbocycles. The van der Waals surface area contributed by atoms with Crippen LogP contribution < -0.4 is 15.4 Å². The molecule has 3 rings (SSSR count). The van der Waals surface area contributed by atoms with Gasteiger partial charge >= 0.3 is 0 Å². The van der Waals surface area contributed by atoms with Gasteiger partial charge in [0, 0.05) is 6.54 Å². The third kappa shape index (κ3) is 5.09. The predicted molar refractivity (Wildman–Crippen MR) is 104 cm³/mol. The third-order valence-electron chi connectivity index (χ3n) is 4.99. The van der Waals surface area contributed by atoms with Crippen molar-refractivity contribution in [1.29, 1.82) is 0 Å². The molecule has 27 heavy (non-hydrogen) atoms. The minimum atomic E-state index is -0.211. The number of rotatable bonds is 8. The standard InChI is InChI=1S/C22H26N2O3/c1-15(17-6-4-3-5-7-17)24-22(26)20-14-19(20)21(25)23-13-12-16-8-10-18(27-2)11-9-16/h3-11,15,19-20H,12-14H2,1-2H3,(H,23,25)(H,24,26). The van der Waals surface area contributed by atoms with Crippen molar-refractivity contribution in [3.63, 3.8) is 0 Å². The third-order valence-corrected chi connectivity index (χ3v) is 4.99. The van der Waals surface area contributed by atoms with E-state index in [0.29, 0.717) is 13.0 Å². The summed E-state index contributed by atoms with van der Waals surface area (Å²) in [6.45, 7) is 2.52. The molecule has 0 aromatic heterocycles. The maximum atomic E-state index is 12.4. The molecule has 5 heteroatoms. The number of carbonyl (C=O) groups excluding carboxylic acids is 2. The number of nitrogens with one attached hydrogen (secondary N) is 2. The summed E-state index contributed by atoms with van der Waals surface area (Å²) in [5, 5.41) is 5.95. The van der Waals surface area contributed by atoms with Crippen LogP contribution in [0.1, 0.15) is 30.5 Å². The molecule has 0 spiro atoms. The second-order valence-electron chi connectivity index (χ2n) is 6.98. The average Bonchev–Trinajstić information content (AvgIpc) is 3.50. The van der Waals surface area contributed by atoms with Crippen molar-refractivity contribution in [1.82, 2.24) is 10.6 Å². The molecule has 0 heterocycles. The zero-order valence-electron chi connectivity index (χ0n) is 15.8. The van der Waals surface area contributed by atoms with Gasteiger partial charge in [-0.1, -0.05) is 42.5 Å². The highest BCUT2D eigenvalue weighted by atomic mass is 16.5. The molecule has 0 radical (unpaired) electrons. The largest absolute Gasteiger partial charge is 0.497 e. The van der Waals surface area contributed by atoms with Crippen LogP contribution in [0.3, 0.4) is 0 Å². The lowest BCUT2D eigenvalue weighted by Gasteiger charge is -2.14. The van der Waals surface area contributed by atoms with Crippen LogP contribution in [-0.2, 0) is 16.0 Å². The first kappa shape index (κ1) is 19.0. The van der Waals surface area contributed by atoms with E-state index in [1.807, 2.05) is 61.5 Å². The molecule has 2 aromatic rings. The van der Waals surface area contributed by atoms with Crippen molar-refractivity contribution in [2.45, 2.75) is 25.8 Å². The second kappa shape index (κ2) is 8.71. The molecule has 2 N–H and O–H groups in total. The van der Waals surface area contributed by atoms with E-state index in [9.17, 15) is 9.59 Å². The van der Waals surface area contributed by atoms with E-state index in [2.05, 4.69) is 10.6 Å². The van der Waals surface area contributed by atoms with Gasteiger partial charge in [0.2, 0.25) is 11.8 Å². The van der Waals surface area contributed by atoms with Crippen LogP contribution in [0.5, 0.6) is 5.75 Å². The molecule has 5 nitrogen and oxygen atoms in total. The second-order valence-corrected chi connectivity index (χ2v) is 6.98. The Balaban J connectivity index is 1.39. The van der Waals surface area contributed by atoms with Crippen LogP contribution in [0.15, 0.2) is 54.6 Å². The van der Waals surface area contributed by atoms with Gasteiger partial charge in [-0.3, -0.25) is 9.59 Å². The molecule has 1 fully saturated rings. The van der Waals surface area contributed by atoms with Crippen LogP contribution in [0, 0.1) is 11.8 Å². The first-order valence-corrected chi connectivity index (χ1v) is 9.34. The number of benzene rings is 2. The zero-order chi connectivity index (χ0) is 19.2. The van der Waals surface area contributed by atoms with Crippen LogP contribution >= 0.6 is 0 Å². The molecule has 2 aromatic carbocycles. The number of carbonyl (C=O) groups is 2. The van der Waals surface area contributed by atoms with Crippen LogP contribution in [0.25, 0.3) is 0 Å². The van der Waals surface area contributed by atoms with Gasteiger partial charge in [0.15, 0.2) is 0 Å². The van der Waals surface area contributed by atoms with Gasteiger partial charge in [0.05, 0.1) is 25.0 Å². The van der Waals surface area contributed by atoms with E-state index in [-0.39, 0.29) is 29.7 Å². The Morgan fingerprint density at radius 2 is 1.70 bits per heavy atom. The summed E-state index contributed by atoms with van der Waals surface area (Å²) in [7, 11) is 1.64. The Kier molecular flexibility index (Phi) is 6.12. The van der Waals surface area contributed by atoms with Crippen molar-refractivity contribution in [2.24, 2.45) is 11.8 Å². The fourth-order valence-corrected chi connectivity index (χ4v) is 3.17. The Labute approximate surface area is 160 Å². The summed E-state index contributed by atoms with van der Waals surface area (Å²) in [4.78, 5) is 24.6. The van der Waals surface area contributed by atoms with Gasteiger partial charge in [-0.2, -0.15) is 0 Å². The fraction of sp³-hybridized carbons (Fsp3) is 0.364. The molecule has 3 unspecified atom stereocenters.